The van der Waals surface area contributed by atoms with Crippen molar-refractivity contribution in [3.63, 3.8) is 0 Å². The summed E-state index contributed by atoms with van der Waals surface area (Å²) < 4.78 is 19.0. The first-order valence-corrected chi connectivity index (χ1v) is 8.16. The summed E-state index contributed by atoms with van der Waals surface area (Å²) in [5.41, 5.74) is 1.62. The molecule has 1 atom stereocenters. The van der Waals surface area contributed by atoms with E-state index in [-0.39, 0.29) is 24.2 Å². The number of hydrogen-bond acceptors (Lipinski definition) is 3. The average Bonchev–Trinajstić information content (AvgIpc) is 3.01. The molecule has 0 aromatic heterocycles. The van der Waals surface area contributed by atoms with Gasteiger partial charge in [0.2, 0.25) is 5.91 Å². The molecule has 6 heteroatoms. The molecular weight excluding hydrogens is 323 g/mol. The number of halogens is 1. The summed E-state index contributed by atoms with van der Waals surface area (Å²) in [5, 5.41) is 2.76. The van der Waals surface area contributed by atoms with Crippen LogP contribution < -0.4 is 15.0 Å². The van der Waals surface area contributed by atoms with E-state index in [0.29, 0.717) is 18.7 Å². The van der Waals surface area contributed by atoms with Crippen LogP contribution in [0.25, 0.3) is 0 Å². The largest absolute Gasteiger partial charge is 0.481 e. The minimum absolute atomic E-state index is 0.0119. The Morgan fingerprint density at radius 3 is 2.68 bits per heavy atom. The van der Waals surface area contributed by atoms with E-state index in [1.54, 1.807) is 18.2 Å². The Morgan fingerprint density at radius 2 is 1.92 bits per heavy atom. The normalized spacial score (nSPS) is 15.6. The van der Waals surface area contributed by atoms with E-state index in [1.807, 2.05) is 25.1 Å². The van der Waals surface area contributed by atoms with Crippen LogP contribution in [0, 0.1) is 5.82 Å². The molecule has 130 valence electrons. The van der Waals surface area contributed by atoms with E-state index in [4.69, 9.17) is 4.74 Å². The van der Waals surface area contributed by atoms with Crippen molar-refractivity contribution in [1.29, 1.82) is 0 Å². The van der Waals surface area contributed by atoms with E-state index >= 15 is 0 Å². The van der Waals surface area contributed by atoms with Crippen LogP contribution >= 0.6 is 0 Å². The number of para-hydroxylation sites is 2. The second kappa shape index (κ2) is 7.34. The van der Waals surface area contributed by atoms with E-state index in [9.17, 15) is 14.0 Å². The monoisotopic (exact) mass is 342 g/mol. The Morgan fingerprint density at radius 1 is 1.20 bits per heavy atom. The van der Waals surface area contributed by atoms with Gasteiger partial charge in [0.05, 0.1) is 0 Å². The Bertz CT molecular complexity index is 794. The standard InChI is InChI=1S/C19H19FN2O3/c1-2-21-19(24)16-11-13-7-3-5-9-15(13)22(16)18(23)12-25-17-10-6-4-8-14(17)20/h3-10,16H,2,11-12H2,1H3,(H,21,24)/t16-/m1/s1. The van der Waals surface area contributed by atoms with Crippen molar-refractivity contribution in [1.82, 2.24) is 5.32 Å². The highest BCUT2D eigenvalue weighted by Crippen LogP contribution is 2.32. The van der Waals surface area contributed by atoms with Gasteiger partial charge < -0.3 is 10.1 Å². The van der Waals surface area contributed by atoms with Gasteiger partial charge in [-0.25, -0.2) is 4.39 Å². The smallest absolute Gasteiger partial charge is 0.265 e. The average molecular weight is 342 g/mol. The SMILES string of the molecule is CCNC(=O)[C@H]1Cc2ccccc2N1C(=O)COc1ccccc1F. The molecule has 0 spiro atoms. The maximum Gasteiger partial charge on any atom is 0.265 e. The number of benzene rings is 2. The molecule has 0 saturated carbocycles. The van der Waals surface area contributed by atoms with Gasteiger partial charge in [0.1, 0.15) is 6.04 Å². The summed E-state index contributed by atoms with van der Waals surface area (Å²) >= 11 is 0. The summed E-state index contributed by atoms with van der Waals surface area (Å²) in [6.07, 6.45) is 0.452. The first-order valence-electron chi connectivity index (χ1n) is 8.16. The topological polar surface area (TPSA) is 58.6 Å². The lowest BCUT2D eigenvalue weighted by Gasteiger charge is -2.24. The molecule has 1 aliphatic rings. The minimum atomic E-state index is -0.617. The predicted octanol–water partition coefficient (Wildman–Crippen LogP) is 2.30. The number of anilines is 1. The molecule has 25 heavy (non-hydrogen) atoms. The molecule has 0 radical (unpaired) electrons. The van der Waals surface area contributed by atoms with Crippen LogP contribution in [0.15, 0.2) is 48.5 Å². The maximum atomic E-state index is 13.6. The van der Waals surface area contributed by atoms with Crippen LogP contribution in [0.1, 0.15) is 12.5 Å². The number of hydrogen-bond donors (Lipinski definition) is 1. The number of fused-ring (bicyclic) bond motifs is 1. The van der Waals surface area contributed by atoms with Gasteiger partial charge in [0.15, 0.2) is 18.2 Å². The fourth-order valence-electron chi connectivity index (χ4n) is 2.97. The van der Waals surface area contributed by atoms with Crippen molar-refractivity contribution in [2.24, 2.45) is 0 Å². The summed E-state index contributed by atoms with van der Waals surface area (Å²) in [5.74, 6) is -1.11. The lowest BCUT2D eigenvalue weighted by molar-refractivity contribution is -0.127. The Hall–Kier alpha value is -2.89. The van der Waals surface area contributed by atoms with Gasteiger partial charge in [-0.05, 0) is 30.7 Å². The fourth-order valence-corrected chi connectivity index (χ4v) is 2.97. The van der Waals surface area contributed by atoms with Gasteiger partial charge in [-0.15, -0.1) is 0 Å². The Labute approximate surface area is 145 Å². The third-order valence-electron chi connectivity index (χ3n) is 4.09. The quantitative estimate of drug-likeness (QED) is 0.907. The van der Waals surface area contributed by atoms with Gasteiger partial charge in [-0.3, -0.25) is 14.5 Å². The van der Waals surface area contributed by atoms with Crippen molar-refractivity contribution in [2.45, 2.75) is 19.4 Å². The lowest BCUT2D eigenvalue weighted by atomic mass is 10.1. The number of carbonyl (C=O) groups excluding carboxylic acids is 2. The van der Waals surface area contributed by atoms with Crippen molar-refractivity contribution < 1.29 is 18.7 Å². The molecule has 2 amide bonds. The molecule has 5 nitrogen and oxygen atoms in total. The molecule has 2 aromatic carbocycles. The van der Waals surface area contributed by atoms with E-state index < -0.39 is 11.9 Å². The van der Waals surface area contributed by atoms with E-state index in [1.165, 1.54) is 17.0 Å². The van der Waals surface area contributed by atoms with E-state index in [2.05, 4.69) is 5.32 Å². The van der Waals surface area contributed by atoms with Crippen LogP contribution in [0.2, 0.25) is 0 Å². The highest BCUT2D eigenvalue weighted by atomic mass is 19.1. The van der Waals surface area contributed by atoms with Crippen LogP contribution in [-0.2, 0) is 16.0 Å². The van der Waals surface area contributed by atoms with Crippen molar-refractivity contribution in [3.05, 3.63) is 59.9 Å². The number of nitrogens with one attached hydrogen (secondary N) is 1. The van der Waals surface area contributed by atoms with Crippen LogP contribution in [0.3, 0.4) is 0 Å². The molecule has 0 bridgehead atoms. The van der Waals surface area contributed by atoms with Gasteiger partial charge in [-0.2, -0.15) is 0 Å². The molecular formula is C19H19FN2O3. The van der Waals surface area contributed by atoms with Crippen LogP contribution in [-0.4, -0.2) is 31.0 Å². The van der Waals surface area contributed by atoms with Gasteiger partial charge in [0, 0.05) is 18.7 Å². The van der Waals surface area contributed by atoms with Crippen LogP contribution in [0.5, 0.6) is 5.75 Å². The van der Waals surface area contributed by atoms with Crippen molar-refractivity contribution in [3.8, 4) is 5.75 Å². The fraction of sp³-hybridized carbons (Fsp3) is 0.263. The summed E-state index contributed by atoms with van der Waals surface area (Å²) in [6.45, 7) is 1.97. The number of rotatable bonds is 5. The lowest BCUT2D eigenvalue weighted by Crippen LogP contribution is -2.49. The molecule has 1 heterocycles. The second-order valence-corrected chi connectivity index (χ2v) is 5.73. The minimum Gasteiger partial charge on any atom is -0.481 e. The van der Waals surface area contributed by atoms with Gasteiger partial charge >= 0.3 is 0 Å². The second-order valence-electron chi connectivity index (χ2n) is 5.73. The first-order chi connectivity index (χ1) is 12.1. The summed E-state index contributed by atoms with van der Waals surface area (Å²) in [7, 11) is 0. The number of carbonyl (C=O) groups is 2. The molecule has 1 N–H and O–H groups in total. The molecule has 0 unspecified atom stereocenters. The Kier molecular flexibility index (Phi) is 4.97. The molecule has 2 aromatic rings. The zero-order valence-corrected chi connectivity index (χ0v) is 13.9. The highest BCUT2D eigenvalue weighted by Gasteiger charge is 2.38. The number of amides is 2. The van der Waals surface area contributed by atoms with Gasteiger partial charge in [0.25, 0.3) is 5.91 Å². The molecule has 1 aliphatic heterocycles. The zero-order valence-electron chi connectivity index (χ0n) is 13.9. The molecule has 0 saturated heterocycles. The van der Waals surface area contributed by atoms with Gasteiger partial charge in [-0.1, -0.05) is 30.3 Å². The summed E-state index contributed by atoms with van der Waals surface area (Å²) in [6, 6.07) is 12.7. The van der Waals surface area contributed by atoms with Crippen molar-refractivity contribution >= 4 is 17.5 Å². The first kappa shape index (κ1) is 17.0. The third kappa shape index (κ3) is 3.47. The molecule has 0 aliphatic carbocycles. The summed E-state index contributed by atoms with van der Waals surface area (Å²) in [4.78, 5) is 26.5. The van der Waals surface area contributed by atoms with Crippen molar-refractivity contribution in [2.75, 3.05) is 18.1 Å². The highest BCUT2D eigenvalue weighted by molar-refractivity contribution is 6.04. The number of likely N-dealkylation sites (N-methyl/N-ethyl adjacent to an activating group) is 1. The number of ether oxygens (including phenoxy) is 1. The predicted molar refractivity (Wildman–Crippen MR) is 92.0 cm³/mol. The third-order valence-corrected chi connectivity index (χ3v) is 4.09. The Balaban J connectivity index is 1.80. The zero-order chi connectivity index (χ0) is 17.8. The molecule has 0 fully saturated rings. The molecule has 3 rings (SSSR count). The van der Waals surface area contributed by atoms with Crippen LogP contribution in [0.4, 0.5) is 10.1 Å². The van der Waals surface area contributed by atoms with E-state index in [0.717, 1.165) is 5.56 Å². The maximum absolute atomic E-state index is 13.6. The number of nitrogens with zero attached hydrogens (tertiary/aromatic N) is 1.